The summed E-state index contributed by atoms with van der Waals surface area (Å²) in [6.45, 7) is 4.80. The van der Waals surface area contributed by atoms with Crippen LogP contribution in [0.1, 0.15) is 30.0 Å². The highest BCUT2D eigenvalue weighted by molar-refractivity contribution is 5.98. The van der Waals surface area contributed by atoms with Crippen LogP contribution >= 0.6 is 0 Å². The molecule has 0 amide bonds. The van der Waals surface area contributed by atoms with Crippen LogP contribution in [-0.2, 0) is 4.74 Å². The van der Waals surface area contributed by atoms with Crippen molar-refractivity contribution in [2.75, 3.05) is 6.61 Å². The van der Waals surface area contributed by atoms with E-state index >= 15 is 0 Å². The van der Waals surface area contributed by atoms with Crippen LogP contribution in [0.15, 0.2) is 15.3 Å². The second-order valence-corrected chi connectivity index (χ2v) is 3.69. The van der Waals surface area contributed by atoms with Crippen molar-refractivity contribution in [3.05, 3.63) is 27.8 Å². The van der Waals surface area contributed by atoms with E-state index in [1.165, 1.54) is 13.0 Å². The number of carbonyl (C=O) groups excluding carboxylic acids is 1. The largest absolute Gasteiger partial charge is 0.507 e. The van der Waals surface area contributed by atoms with Crippen molar-refractivity contribution >= 4 is 5.78 Å². The van der Waals surface area contributed by atoms with E-state index in [9.17, 15) is 14.7 Å². The van der Waals surface area contributed by atoms with E-state index in [1.807, 2.05) is 0 Å². The summed E-state index contributed by atoms with van der Waals surface area (Å²) in [4.78, 5) is 22.9. The molecule has 1 aromatic heterocycles. The summed E-state index contributed by atoms with van der Waals surface area (Å²) < 4.78 is 9.78. The molecule has 0 spiro atoms. The minimum Gasteiger partial charge on any atom is -0.507 e. The second kappa shape index (κ2) is 4.94. The minimum atomic E-state index is -0.838. The molecule has 5 heteroatoms. The fourth-order valence-corrected chi connectivity index (χ4v) is 1.17. The Balaban J connectivity index is 2.96. The van der Waals surface area contributed by atoms with Crippen LogP contribution in [0.5, 0.6) is 5.75 Å². The third-order valence-electron chi connectivity index (χ3n) is 1.88. The molecule has 1 rings (SSSR count). The third kappa shape index (κ3) is 2.93. The first-order valence-electron chi connectivity index (χ1n) is 4.90. The molecule has 0 saturated carbocycles. The van der Waals surface area contributed by atoms with Gasteiger partial charge in [0.15, 0.2) is 5.78 Å². The standard InChI is InChI=1S/C11H14O5/c1-6(2)15-5-9(13)10-8(12)4-7(3)16-11(10)14/h4,6,12H,5H2,1-3H3. The number of hydrogen-bond donors (Lipinski definition) is 1. The smallest absolute Gasteiger partial charge is 0.350 e. The van der Waals surface area contributed by atoms with Gasteiger partial charge in [0.25, 0.3) is 0 Å². The monoisotopic (exact) mass is 226 g/mol. The molecule has 0 fully saturated rings. The van der Waals surface area contributed by atoms with Crippen LogP contribution in [-0.4, -0.2) is 23.6 Å². The SMILES string of the molecule is Cc1cc(O)c(C(=O)COC(C)C)c(=O)o1. The van der Waals surface area contributed by atoms with Crippen molar-refractivity contribution < 1.29 is 19.1 Å². The van der Waals surface area contributed by atoms with E-state index in [4.69, 9.17) is 9.15 Å². The lowest BCUT2D eigenvalue weighted by molar-refractivity contribution is 0.0579. The van der Waals surface area contributed by atoms with Gasteiger partial charge in [0.2, 0.25) is 0 Å². The molecule has 0 radical (unpaired) electrons. The average molecular weight is 226 g/mol. The Hall–Kier alpha value is -1.62. The maximum absolute atomic E-state index is 11.6. The number of aromatic hydroxyl groups is 1. The molecule has 88 valence electrons. The normalized spacial score (nSPS) is 10.8. The summed E-state index contributed by atoms with van der Waals surface area (Å²) in [7, 11) is 0. The molecule has 0 aliphatic rings. The molecular weight excluding hydrogens is 212 g/mol. The van der Waals surface area contributed by atoms with Crippen LogP contribution in [0.4, 0.5) is 0 Å². The Kier molecular flexibility index (Phi) is 3.84. The summed E-state index contributed by atoms with van der Waals surface area (Å²) in [6, 6.07) is 1.23. The second-order valence-electron chi connectivity index (χ2n) is 3.69. The zero-order valence-electron chi connectivity index (χ0n) is 9.44. The van der Waals surface area contributed by atoms with Crippen LogP contribution in [0, 0.1) is 6.92 Å². The summed E-state index contributed by atoms with van der Waals surface area (Å²) >= 11 is 0. The van der Waals surface area contributed by atoms with E-state index in [0.717, 1.165) is 0 Å². The first-order chi connectivity index (χ1) is 7.41. The van der Waals surface area contributed by atoms with E-state index in [2.05, 4.69) is 0 Å². The maximum Gasteiger partial charge on any atom is 0.350 e. The third-order valence-corrected chi connectivity index (χ3v) is 1.88. The van der Waals surface area contributed by atoms with Crippen LogP contribution in [0.3, 0.4) is 0 Å². The van der Waals surface area contributed by atoms with Gasteiger partial charge >= 0.3 is 5.63 Å². The predicted molar refractivity (Wildman–Crippen MR) is 56.8 cm³/mol. The lowest BCUT2D eigenvalue weighted by Gasteiger charge is -2.06. The molecule has 0 bridgehead atoms. The highest BCUT2D eigenvalue weighted by atomic mass is 16.5. The predicted octanol–water partition coefficient (Wildman–Crippen LogP) is 1.26. The molecular formula is C11H14O5. The number of hydrogen-bond acceptors (Lipinski definition) is 5. The van der Waals surface area contributed by atoms with Crippen molar-refractivity contribution in [1.29, 1.82) is 0 Å². The maximum atomic E-state index is 11.6. The topological polar surface area (TPSA) is 76.7 Å². The Labute approximate surface area is 92.7 Å². The van der Waals surface area contributed by atoms with Gasteiger partial charge in [-0.1, -0.05) is 0 Å². The van der Waals surface area contributed by atoms with Crippen molar-refractivity contribution in [2.24, 2.45) is 0 Å². The number of ether oxygens (including phenoxy) is 1. The van der Waals surface area contributed by atoms with Crippen molar-refractivity contribution in [1.82, 2.24) is 0 Å². The number of aryl methyl sites for hydroxylation is 1. The van der Waals surface area contributed by atoms with Crippen LogP contribution in [0.2, 0.25) is 0 Å². The molecule has 0 aliphatic carbocycles. The zero-order valence-corrected chi connectivity index (χ0v) is 9.44. The Bertz CT molecular complexity index is 444. The van der Waals surface area contributed by atoms with Gasteiger partial charge in [0.1, 0.15) is 23.7 Å². The minimum absolute atomic E-state index is 0.122. The van der Waals surface area contributed by atoms with Crippen molar-refractivity contribution in [3.8, 4) is 5.75 Å². The lowest BCUT2D eigenvalue weighted by atomic mass is 10.2. The average Bonchev–Trinajstić information content (AvgIpc) is 2.12. The lowest BCUT2D eigenvalue weighted by Crippen LogP contribution is -2.20. The van der Waals surface area contributed by atoms with Gasteiger partial charge in [-0.05, 0) is 20.8 Å². The number of ketones is 1. The van der Waals surface area contributed by atoms with E-state index in [-0.39, 0.29) is 29.8 Å². The highest BCUT2D eigenvalue weighted by Crippen LogP contribution is 2.15. The van der Waals surface area contributed by atoms with Crippen molar-refractivity contribution in [3.63, 3.8) is 0 Å². The number of Topliss-reactive ketones (excluding diaryl/α,β-unsaturated/α-hetero) is 1. The molecule has 0 unspecified atom stereocenters. The molecule has 16 heavy (non-hydrogen) atoms. The molecule has 5 nitrogen and oxygen atoms in total. The quantitative estimate of drug-likeness (QED) is 0.782. The van der Waals surface area contributed by atoms with E-state index in [0.29, 0.717) is 0 Å². The van der Waals surface area contributed by atoms with Gasteiger partial charge in [-0.15, -0.1) is 0 Å². The zero-order chi connectivity index (χ0) is 12.3. The van der Waals surface area contributed by atoms with Gasteiger partial charge < -0.3 is 14.3 Å². The van der Waals surface area contributed by atoms with Crippen LogP contribution in [0.25, 0.3) is 0 Å². The fourth-order valence-electron chi connectivity index (χ4n) is 1.17. The van der Waals surface area contributed by atoms with Crippen molar-refractivity contribution in [2.45, 2.75) is 26.9 Å². The molecule has 1 aromatic rings. The number of rotatable bonds is 4. The van der Waals surface area contributed by atoms with Gasteiger partial charge in [-0.2, -0.15) is 0 Å². The van der Waals surface area contributed by atoms with Gasteiger partial charge in [-0.3, -0.25) is 4.79 Å². The van der Waals surface area contributed by atoms with Crippen LogP contribution < -0.4 is 5.63 Å². The molecule has 1 N–H and O–H groups in total. The summed E-state index contributed by atoms with van der Waals surface area (Å²) in [5, 5.41) is 9.47. The molecule has 0 atom stereocenters. The van der Waals surface area contributed by atoms with E-state index in [1.54, 1.807) is 13.8 Å². The summed E-state index contributed by atoms with van der Waals surface area (Å²) in [5.41, 5.74) is -1.19. The van der Waals surface area contributed by atoms with E-state index < -0.39 is 11.4 Å². The Morgan fingerprint density at radius 1 is 1.56 bits per heavy atom. The molecule has 0 aromatic carbocycles. The molecule has 1 heterocycles. The summed E-state index contributed by atoms with van der Waals surface area (Å²) in [6.07, 6.45) is -0.122. The summed E-state index contributed by atoms with van der Waals surface area (Å²) in [5.74, 6) is -0.699. The Morgan fingerprint density at radius 3 is 2.69 bits per heavy atom. The van der Waals surface area contributed by atoms with Gasteiger partial charge in [0.05, 0.1) is 6.10 Å². The number of carbonyl (C=O) groups is 1. The first-order valence-corrected chi connectivity index (χ1v) is 4.90. The molecule has 0 saturated heterocycles. The fraction of sp³-hybridized carbons (Fsp3) is 0.455. The Morgan fingerprint density at radius 2 is 2.19 bits per heavy atom. The van der Waals surface area contributed by atoms with Gasteiger partial charge in [0, 0.05) is 6.07 Å². The molecule has 0 aliphatic heterocycles. The highest BCUT2D eigenvalue weighted by Gasteiger charge is 2.18. The first kappa shape index (κ1) is 12.4. The van der Waals surface area contributed by atoms with Gasteiger partial charge in [-0.25, -0.2) is 4.79 Å².